The van der Waals surface area contributed by atoms with Gasteiger partial charge in [0.25, 0.3) is 16.1 Å². The van der Waals surface area contributed by atoms with Crippen LogP contribution in [0.1, 0.15) is 32.4 Å². The van der Waals surface area contributed by atoms with Crippen LogP contribution in [0.5, 0.6) is 0 Å². The lowest BCUT2D eigenvalue weighted by Gasteiger charge is -2.07. The molecule has 0 fully saturated rings. The van der Waals surface area contributed by atoms with Gasteiger partial charge in [-0.25, -0.2) is 18.5 Å². The van der Waals surface area contributed by atoms with Gasteiger partial charge in [0.05, 0.1) is 23.3 Å². The highest BCUT2D eigenvalue weighted by atomic mass is 32.2. The van der Waals surface area contributed by atoms with E-state index in [0.29, 0.717) is 15.8 Å². The second kappa shape index (κ2) is 10.4. The van der Waals surface area contributed by atoms with E-state index in [4.69, 9.17) is 16.0 Å². The molecule has 0 bridgehead atoms. The number of hydrogen-bond acceptors (Lipinski definition) is 10. The van der Waals surface area contributed by atoms with Crippen molar-refractivity contribution in [3.63, 3.8) is 0 Å². The zero-order valence-corrected chi connectivity index (χ0v) is 21.7. The molecule has 0 saturated carbocycles. The second-order valence-corrected chi connectivity index (χ2v) is 12.4. The first-order chi connectivity index (χ1) is 17.4. The number of fused-ring (bicyclic) bond motifs is 1. The minimum absolute atomic E-state index is 0.115. The van der Waals surface area contributed by atoms with E-state index in [2.05, 4.69) is 26.4 Å². The Morgan fingerprint density at radius 1 is 1.16 bits per heavy atom. The third kappa shape index (κ3) is 6.37. The van der Waals surface area contributed by atoms with Gasteiger partial charge >= 0.3 is 0 Å². The topological polar surface area (TPSA) is 187 Å². The summed E-state index contributed by atoms with van der Waals surface area (Å²) in [5, 5.41) is 13.8. The van der Waals surface area contributed by atoms with E-state index in [-0.39, 0.29) is 29.2 Å². The Morgan fingerprint density at radius 2 is 1.92 bits per heavy atom. The molecule has 1 amide bonds. The third-order valence-corrected chi connectivity index (χ3v) is 8.06. The van der Waals surface area contributed by atoms with Crippen molar-refractivity contribution in [3.8, 4) is 23.5 Å². The number of hydrogen-bond donors (Lipinski definition) is 3. The fourth-order valence-electron chi connectivity index (χ4n) is 3.39. The SMILES string of the molecule is C#CCNC(=O)c1cccc(-c2ccc3nc(C(c4nnc(CNS(N)(=O)=O)o4)S(C)(=O)=O)sc3c2)c1. The monoisotopic (exact) mass is 560 g/mol. The summed E-state index contributed by atoms with van der Waals surface area (Å²) in [6.07, 6.45) is 6.21. The number of amides is 1. The van der Waals surface area contributed by atoms with Crippen molar-refractivity contribution >= 4 is 47.5 Å². The van der Waals surface area contributed by atoms with Crippen LogP contribution in [0.4, 0.5) is 0 Å². The zero-order chi connectivity index (χ0) is 26.8. The molecule has 4 aromatic rings. The summed E-state index contributed by atoms with van der Waals surface area (Å²) < 4.78 is 55.6. The lowest BCUT2D eigenvalue weighted by Crippen LogP contribution is -2.30. The van der Waals surface area contributed by atoms with Gasteiger partial charge in [0.1, 0.15) is 5.01 Å². The van der Waals surface area contributed by atoms with E-state index in [9.17, 15) is 21.6 Å². The molecule has 37 heavy (non-hydrogen) atoms. The van der Waals surface area contributed by atoms with E-state index in [1.165, 1.54) is 0 Å². The third-order valence-electron chi connectivity index (χ3n) is 5.00. The predicted molar refractivity (Wildman–Crippen MR) is 137 cm³/mol. The average molecular weight is 561 g/mol. The first-order valence-electron chi connectivity index (χ1n) is 10.5. The van der Waals surface area contributed by atoms with E-state index in [1.807, 2.05) is 22.9 Å². The van der Waals surface area contributed by atoms with Gasteiger partial charge in [-0.2, -0.15) is 13.1 Å². The second-order valence-electron chi connectivity index (χ2n) is 7.81. The Hall–Kier alpha value is -3.68. The summed E-state index contributed by atoms with van der Waals surface area (Å²) in [6.45, 7) is -0.282. The number of aromatic nitrogens is 3. The van der Waals surface area contributed by atoms with Crippen LogP contribution in [0.15, 0.2) is 46.9 Å². The maximum atomic E-state index is 12.7. The summed E-state index contributed by atoms with van der Waals surface area (Å²) in [5.41, 5.74) is 2.56. The van der Waals surface area contributed by atoms with E-state index in [1.54, 1.807) is 24.3 Å². The van der Waals surface area contributed by atoms with Crippen LogP contribution < -0.4 is 15.2 Å². The molecule has 0 radical (unpaired) electrons. The van der Waals surface area contributed by atoms with Crippen LogP contribution in [0.25, 0.3) is 21.3 Å². The highest BCUT2D eigenvalue weighted by molar-refractivity contribution is 7.91. The lowest BCUT2D eigenvalue weighted by molar-refractivity contribution is 0.0958. The van der Waals surface area contributed by atoms with Gasteiger partial charge in [0, 0.05) is 11.8 Å². The average Bonchev–Trinajstić information content (AvgIpc) is 3.46. The number of terminal acetylenes is 1. The van der Waals surface area contributed by atoms with Crippen molar-refractivity contribution in [2.24, 2.45) is 5.14 Å². The lowest BCUT2D eigenvalue weighted by atomic mass is 10.0. The predicted octanol–water partition coefficient (Wildman–Crippen LogP) is 1.14. The van der Waals surface area contributed by atoms with Gasteiger partial charge in [-0.1, -0.05) is 24.1 Å². The maximum Gasteiger partial charge on any atom is 0.274 e. The Bertz CT molecular complexity index is 1740. The largest absolute Gasteiger partial charge is 0.422 e. The molecule has 0 spiro atoms. The number of rotatable bonds is 9. The number of nitrogens with one attached hydrogen (secondary N) is 2. The molecule has 0 aliphatic rings. The van der Waals surface area contributed by atoms with Crippen molar-refractivity contribution in [2.45, 2.75) is 11.8 Å². The molecule has 4 rings (SSSR count). The number of benzene rings is 2. The fraction of sp³-hybridized carbons (Fsp3) is 0.182. The number of sulfone groups is 1. The van der Waals surface area contributed by atoms with E-state index < -0.39 is 31.8 Å². The fourth-order valence-corrected chi connectivity index (χ4v) is 6.24. The molecular weight excluding hydrogens is 540 g/mol. The van der Waals surface area contributed by atoms with Gasteiger partial charge in [-0.3, -0.25) is 4.79 Å². The van der Waals surface area contributed by atoms with Crippen LogP contribution in [-0.4, -0.2) is 50.7 Å². The summed E-state index contributed by atoms with van der Waals surface area (Å²) in [4.78, 5) is 16.7. The highest BCUT2D eigenvalue weighted by Crippen LogP contribution is 2.36. The van der Waals surface area contributed by atoms with Crippen LogP contribution >= 0.6 is 11.3 Å². The highest BCUT2D eigenvalue weighted by Gasteiger charge is 2.34. The molecule has 2 aromatic heterocycles. The summed E-state index contributed by atoms with van der Waals surface area (Å²) in [7, 11) is -7.81. The molecule has 192 valence electrons. The smallest absolute Gasteiger partial charge is 0.274 e. The standard InChI is InChI=1S/C22H20N6O6S3/c1-3-9-24-20(29)15-6-4-5-13(10-15)14-7-8-16-17(11-14)35-22(26-16)19(36(2,30)31)21-28-27-18(34-21)12-25-37(23,32)33/h1,4-8,10-11,19,25H,9,12H2,2H3,(H,24,29)(H2,23,32,33). The van der Waals surface area contributed by atoms with Gasteiger partial charge in [-0.15, -0.1) is 28.0 Å². The van der Waals surface area contributed by atoms with Crippen molar-refractivity contribution in [1.29, 1.82) is 0 Å². The van der Waals surface area contributed by atoms with Crippen LogP contribution in [0.2, 0.25) is 0 Å². The summed E-state index contributed by atoms with van der Waals surface area (Å²) in [5.74, 6) is 1.65. The number of thiazole rings is 1. The summed E-state index contributed by atoms with van der Waals surface area (Å²) in [6, 6.07) is 12.4. The van der Waals surface area contributed by atoms with Gasteiger partial charge in [0.15, 0.2) is 15.1 Å². The molecule has 0 aliphatic carbocycles. The van der Waals surface area contributed by atoms with E-state index in [0.717, 1.165) is 28.7 Å². The molecule has 0 saturated heterocycles. The first-order valence-corrected chi connectivity index (χ1v) is 14.8. The molecule has 2 heterocycles. The Balaban J connectivity index is 1.67. The van der Waals surface area contributed by atoms with Crippen LogP contribution in [0, 0.1) is 12.3 Å². The minimum Gasteiger partial charge on any atom is -0.422 e. The number of carbonyl (C=O) groups is 1. The normalized spacial score (nSPS) is 12.8. The molecule has 1 atom stereocenters. The van der Waals surface area contributed by atoms with Crippen molar-refractivity contribution < 1.29 is 26.0 Å². The van der Waals surface area contributed by atoms with Crippen molar-refractivity contribution in [2.75, 3.05) is 12.8 Å². The van der Waals surface area contributed by atoms with Crippen LogP contribution in [-0.2, 0) is 26.6 Å². The molecule has 4 N–H and O–H groups in total. The van der Waals surface area contributed by atoms with Gasteiger partial charge in [0.2, 0.25) is 11.8 Å². The zero-order valence-electron chi connectivity index (χ0n) is 19.2. The molecular formula is C22H20N6O6S3. The van der Waals surface area contributed by atoms with Gasteiger partial charge < -0.3 is 9.73 Å². The molecule has 2 aromatic carbocycles. The molecule has 12 nitrogen and oxygen atoms in total. The molecule has 15 heteroatoms. The number of nitrogens with two attached hydrogens (primary N) is 1. The quantitative estimate of drug-likeness (QED) is 0.252. The molecule has 0 aliphatic heterocycles. The Morgan fingerprint density at radius 3 is 2.62 bits per heavy atom. The van der Waals surface area contributed by atoms with Crippen molar-refractivity contribution in [1.82, 2.24) is 25.2 Å². The van der Waals surface area contributed by atoms with Crippen molar-refractivity contribution in [3.05, 3.63) is 64.8 Å². The first kappa shape index (κ1) is 26.4. The van der Waals surface area contributed by atoms with Crippen LogP contribution in [0.3, 0.4) is 0 Å². The Kier molecular flexibility index (Phi) is 7.39. The van der Waals surface area contributed by atoms with E-state index >= 15 is 0 Å². The summed E-state index contributed by atoms with van der Waals surface area (Å²) >= 11 is 1.13. The Labute approximate surface area is 216 Å². The number of nitrogens with zero attached hydrogens (tertiary/aromatic N) is 3. The molecule has 1 unspecified atom stereocenters. The number of carbonyl (C=O) groups excluding carboxylic acids is 1. The van der Waals surface area contributed by atoms with Gasteiger partial charge in [-0.05, 0) is 35.4 Å². The minimum atomic E-state index is -4.01. The maximum absolute atomic E-state index is 12.7.